The number of carbonyl (C=O) groups is 1. The van der Waals surface area contributed by atoms with E-state index in [0.717, 1.165) is 0 Å². The maximum Gasteiger partial charge on any atom is 0.460 e. The van der Waals surface area contributed by atoms with Crippen LogP contribution >= 0.6 is 0 Å². The normalized spacial score (nSPS) is 16.0. The summed E-state index contributed by atoms with van der Waals surface area (Å²) in [4.78, 5) is 9.80. The van der Waals surface area contributed by atoms with E-state index in [0.29, 0.717) is 0 Å². The zero-order chi connectivity index (χ0) is 26.1. The lowest BCUT2D eigenvalue weighted by Gasteiger charge is -2.43. The molecule has 22 heteroatoms. The highest BCUT2D eigenvalue weighted by Crippen LogP contribution is 2.65. The van der Waals surface area contributed by atoms with E-state index >= 15 is 0 Å². The molecular formula is C10H4AlF19O2. The van der Waals surface area contributed by atoms with Gasteiger partial charge in [-0.25, -0.2) is 4.79 Å². The highest BCUT2D eigenvalue weighted by molar-refractivity contribution is 5.77. The van der Waals surface area contributed by atoms with Crippen molar-refractivity contribution >= 4 is 23.3 Å². The number of aliphatic carboxylic acids is 1. The van der Waals surface area contributed by atoms with E-state index in [4.69, 9.17) is 5.11 Å². The zero-order valence-electron chi connectivity index (χ0n) is 13.0. The van der Waals surface area contributed by atoms with Crippen LogP contribution in [0, 0.1) is 0 Å². The maximum absolute atomic E-state index is 13.1. The van der Waals surface area contributed by atoms with Crippen LogP contribution in [0.5, 0.6) is 0 Å². The van der Waals surface area contributed by atoms with Crippen LogP contribution in [0.25, 0.3) is 0 Å². The van der Waals surface area contributed by atoms with Gasteiger partial charge in [-0.1, -0.05) is 0 Å². The maximum atomic E-state index is 13.1. The summed E-state index contributed by atoms with van der Waals surface area (Å²) in [6, 6.07) is 0. The van der Waals surface area contributed by atoms with Gasteiger partial charge in [0, 0.05) is 0 Å². The SMILES string of the molecule is O=C(O)C(F)(F)C(F)(F)C(F)(F)C(F)(F)C(F)(F)C(F)(F)C(F)(F)C(F)(F)C(F)(F)F.[AlH3]. The van der Waals surface area contributed by atoms with Gasteiger partial charge in [-0.3, -0.25) is 0 Å². The molecule has 1 N–H and O–H groups in total. The number of carboxylic acids is 1. The van der Waals surface area contributed by atoms with Crippen LogP contribution in [-0.4, -0.2) is 82.0 Å². The predicted molar refractivity (Wildman–Crippen MR) is 63.2 cm³/mol. The molecule has 0 aliphatic rings. The van der Waals surface area contributed by atoms with Crippen molar-refractivity contribution in [2.24, 2.45) is 0 Å². The summed E-state index contributed by atoms with van der Waals surface area (Å²) in [5.41, 5.74) is 0. The fourth-order valence-corrected chi connectivity index (χ4v) is 1.50. The number of rotatable bonds is 8. The number of halogens is 19. The van der Waals surface area contributed by atoms with E-state index in [1.165, 1.54) is 0 Å². The predicted octanol–water partition coefficient (Wildman–Crippen LogP) is 4.53. The molecule has 0 radical (unpaired) electrons. The topological polar surface area (TPSA) is 37.3 Å². The van der Waals surface area contributed by atoms with Crippen LogP contribution in [0.15, 0.2) is 0 Å². The Morgan fingerprint density at radius 3 is 0.781 bits per heavy atom. The van der Waals surface area contributed by atoms with E-state index in [1.807, 2.05) is 0 Å². The van der Waals surface area contributed by atoms with E-state index in [-0.39, 0.29) is 17.4 Å². The highest BCUT2D eigenvalue weighted by Gasteiger charge is 2.97. The van der Waals surface area contributed by atoms with Crippen molar-refractivity contribution in [2.75, 3.05) is 0 Å². The number of hydrogen-bond donors (Lipinski definition) is 1. The molecule has 0 aliphatic heterocycles. The van der Waals surface area contributed by atoms with Crippen LogP contribution in [0.2, 0.25) is 0 Å². The molecule has 0 aliphatic carbocycles. The molecule has 0 saturated carbocycles. The molecule has 0 heterocycles. The molecule has 0 rings (SSSR count). The smallest absolute Gasteiger partial charge is 0.460 e. The minimum absolute atomic E-state index is 0. The number of hydrogen-bond acceptors (Lipinski definition) is 1. The third kappa shape index (κ3) is 3.73. The second kappa shape index (κ2) is 7.87. The van der Waals surface area contributed by atoms with Gasteiger partial charge in [0.1, 0.15) is 0 Å². The number of carboxylic acid groups (broad SMARTS) is 1. The first kappa shape index (κ1) is 32.8. The first-order valence-corrected chi connectivity index (χ1v) is 6.27. The average Bonchev–Trinajstić information content (AvgIpc) is 2.52. The lowest BCUT2D eigenvalue weighted by molar-refractivity contribution is -0.467. The number of alkyl halides is 19. The molecule has 192 valence electrons. The Morgan fingerprint density at radius 1 is 0.406 bits per heavy atom. The minimum Gasteiger partial charge on any atom is -0.477 e. The molecule has 0 saturated heterocycles. The standard InChI is InChI=1S/C10HF19O2.Al.3H/c11-2(12,1(30)31)3(13,14)4(15,16)5(17,18)6(19,20)7(21,22)8(23,24)9(25,26)10(27,28)29;;;;/h(H,30,31);;;;. The molecule has 2 nitrogen and oxygen atoms in total. The highest BCUT2D eigenvalue weighted by atomic mass is 27.0. The monoisotopic (exact) mass is 544 g/mol. The minimum atomic E-state index is -9.06. The average molecular weight is 544 g/mol. The molecule has 0 fully saturated rings. The summed E-state index contributed by atoms with van der Waals surface area (Å²) in [7, 11) is 0. The van der Waals surface area contributed by atoms with Crippen molar-refractivity contribution in [2.45, 2.75) is 53.6 Å². The second-order valence-corrected chi connectivity index (χ2v) is 5.40. The van der Waals surface area contributed by atoms with Crippen molar-refractivity contribution in [1.29, 1.82) is 0 Å². The third-order valence-corrected chi connectivity index (χ3v) is 3.38. The summed E-state index contributed by atoms with van der Waals surface area (Å²) in [6.45, 7) is 0. The zero-order valence-corrected chi connectivity index (χ0v) is 13.0. The molecular weight excluding hydrogens is 540 g/mol. The van der Waals surface area contributed by atoms with Crippen molar-refractivity contribution in [1.82, 2.24) is 0 Å². The van der Waals surface area contributed by atoms with E-state index in [9.17, 15) is 88.2 Å². The van der Waals surface area contributed by atoms with Gasteiger partial charge in [0.05, 0.1) is 0 Å². The molecule has 0 spiro atoms. The Morgan fingerprint density at radius 2 is 0.594 bits per heavy atom. The Hall–Kier alpha value is -1.33. The van der Waals surface area contributed by atoms with Crippen LogP contribution in [0.4, 0.5) is 83.4 Å². The van der Waals surface area contributed by atoms with Gasteiger partial charge < -0.3 is 5.11 Å². The van der Waals surface area contributed by atoms with Crippen molar-refractivity contribution < 1.29 is 93.3 Å². The van der Waals surface area contributed by atoms with Crippen LogP contribution < -0.4 is 0 Å². The molecule has 0 amide bonds. The van der Waals surface area contributed by atoms with Crippen molar-refractivity contribution in [3.8, 4) is 0 Å². The fourth-order valence-electron chi connectivity index (χ4n) is 1.50. The third-order valence-electron chi connectivity index (χ3n) is 3.38. The lowest BCUT2D eigenvalue weighted by atomic mass is 9.87. The van der Waals surface area contributed by atoms with Crippen LogP contribution in [0.1, 0.15) is 0 Å². The van der Waals surface area contributed by atoms with Gasteiger partial charge in [-0.15, -0.1) is 0 Å². The van der Waals surface area contributed by atoms with Crippen LogP contribution in [-0.2, 0) is 4.79 Å². The Labute approximate surface area is 171 Å². The quantitative estimate of drug-likeness (QED) is 0.361. The first-order valence-electron chi connectivity index (χ1n) is 6.27. The summed E-state index contributed by atoms with van der Waals surface area (Å²) in [5, 5.41) is 7.61. The molecule has 0 bridgehead atoms. The molecule has 32 heavy (non-hydrogen) atoms. The molecule has 0 unspecified atom stereocenters. The van der Waals surface area contributed by atoms with Crippen molar-refractivity contribution in [3.05, 3.63) is 0 Å². The summed E-state index contributed by atoms with van der Waals surface area (Å²) >= 11 is 0. The van der Waals surface area contributed by atoms with Gasteiger partial charge in [-0.2, -0.15) is 83.4 Å². The Balaban J connectivity index is 0. The van der Waals surface area contributed by atoms with Crippen LogP contribution in [0.3, 0.4) is 0 Å². The van der Waals surface area contributed by atoms with Gasteiger partial charge in [-0.05, 0) is 0 Å². The van der Waals surface area contributed by atoms with Gasteiger partial charge in [0.15, 0.2) is 17.4 Å². The second-order valence-electron chi connectivity index (χ2n) is 5.40. The fraction of sp³-hybridized carbons (Fsp3) is 0.900. The van der Waals surface area contributed by atoms with Gasteiger partial charge in [0.25, 0.3) is 0 Å². The lowest BCUT2D eigenvalue weighted by Crippen LogP contribution is -2.76. The molecule has 0 aromatic heterocycles. The molecule has 0 aromatic carbocycles. The molecule has 0 aromatic rings. The first-order chi connectivity index (χ1) is 12.9. The Kier molecular flexibility index (Phi) is 8.08. The summed E-state index contributed by atoms with van der Waals surface area (Å²) in [5.74, 6) is -73.3. The van der Waals surface area contributed by atoms with E-state index in [1.54, 1.807) is 0 Å². The van der Waals surface area contributed by atoms with Gasteiger partial charge >= 0.3 is 59.5 Å². The van der Waals surface area contributed by atoms with Crippen molar-refractivity contribution in [3.63, 3.8) is 0 Å². The Bertz CT molecular complexity index is 707. The van der Waals surface area contributed by atoms with Gasteiger partial charge in [0.2, 0.25) is 0 Å². The van der Waals surface area contributed by atoms with E-state index < -0.39 is 59.5 Å². The largest absolute Gasteiger partial charge is 0.477 e. The molecule has 0 atom stereocenters. The summed E-state index contributed by atoms with van der Waals surface area (Å²) in [6.07, 6.45) is -7.95. The summed E-state index contributed by atoms with van der Waals surface area (Å²) < 4.78 is 242. The van der Waals surface area contributed by atoms with E-state index in [2.05, 4.69) is 0 Å².